The molecule has 0 aliphatic carbocycles. The van der Waals surface area contributed by atoms with E-state index in [0.29, 0.717) is 12.3 Å². The first-order valence-corrected chi connectivity index (χ1v) is 5.42. The second-order valence-electron chi connectivity index (χ2n) is 3.77. The Balaban J connectivity index is 2.53. The topological polar surface area (TPSA) is 54.6 Å². The van der Waals surface area contributed by atoms with E-state index in [1.807, 2.05) is 24.3 Å². The van der Waals surface area contributed by atoms with Crippen molar-refractivity contribution in [3.05, 3.63) is 35.4 Å². The lowest BCUT2D eigenvalue weighted by molar-refractivity contribution is -0.110. The molecule has 1 aliphatic rings. The summed E-state index contributed by atoms with van der Waals surface area (Å²) in [6, 6.07) is 9.94. The lowest BCUT2D eigenvalue weighted by atomic mass is 9.93. The molecule has 0 unspecified atom stereocenters. The fourth-order valence-corrected chi connectivity index (χ4v) is 2.04. The van der Waals surface area contributed by atoms with Crippen molar-refractivity contribution in [3.8, 4) is 6.07 Å². The highest BCUT2D eigenvalue weighted by Crippen LogP contribution is 2.25. The van der Waals surface area contributed by atoms with E-state index >= 15 is 0 Å². The zero-order chi connectivity index (χ0) is 12.3. The van der Waals surface area contributed by atoms with Crippen LogP contribution in [-0.4, -0.2) is 32.3 Å². The Kier molecular flexibility index (Phi) is 3.23. The monoisotopic (exact) mass is 230 g/mol. The molecule has 1 aromatic rings. The minimum Gasteiger partial charge on any atom is -0.337 e. The van der Waals surface area contributed by atoms with Crippen molar-refractivity contribution in [2.45, 2.75) is 12.2 Å². The van der Waals surface area contributed by atoms with Gasteiger partial charge in [0.2, 0.25) is 0 Å². The Hall–Kier alpha value is -1.70. The van der Waals surface area contributed by atoms with Crippen molar-refractivity contribution in [2.75, 3.05) is 20.8 Å². The molecule has 0 saturated carbocycles. The van der Waals surface area contributed by atoms with Crippen LogP contribution in [0.2, 0.25) is 0 Å². The van der Waals surface area contributed by atoms with Gasteiger partial charge in [-0.15, -0.1) is 0 Å². The van der Waals surface area contributed by atoms with E-state index in [0.717, 1.165) is 12.0 Å². The Morgan fingerprint density at radius 1 is 1.29 bits per heavy atom. The van der Waals surface area contributed by atoms with Crippen LogP contribution in [0, 0.1) is 11.3 Å². The normalized spacial score (nSPS) is 14.8. The summed E-state index contributed by atoms with van der Waals surface area (Å²) in [5.41, 5.74) is 2.67. The average molecular weight is 230 g/mol. The van der Waals surface area contributed by atoms with Gasteiger partial charge in [0.15, 0.2) is 0 Å². The van der Waals surface area contributed by atoms with Gasteiger partial charge in [0.1, 0.15) is 11.8 Å². The lowest BCUT2D eigenvalue weighted by Crippen LogP contribution is -2.43. The summed E-state index contributed by atoms with van der Waals surface area (Å²) >= 11 is 0. The summed E-state index contributed by atoms with van der Waals surface area (Å²) in [5.74, 6) is -1.41. The van der Waals surface area contributed by atoms with Gasteiger partial charge in [-0.3, -0.25) is 4.99 Å². The van der Waals surface area contributed by atoms with Gasteiger partial charge in [0.05, 0.1) is 0 Å². The summed E-state index contributed by atoms with van der Waals surface area (Å²) < 4.78 is 10.4. The molecule has 2 rings (SSSR count). The number of hydrogen-bond acceptors (Lipinski definition) is 4. The summed E-state index contributed by atoms with van der Waals surface area (Å²) in [7, 11) is 2.90. The van der Waals surface area contributed by atoms with Gasteiger partial charge in [-0.2, -0.15) is 5.26 Å². The predicted molar refractivity (Wildman–Crippen MR) is 63.9 cm³/mol. The summed E-state index contributed by atoms with van der Waals surface area (Å²) in [4.78, 5) is 4.40. The molecule has 17 heavy (non-hydrogen) atoms. The molecular weight excluding hydrogens is 216 g/mol. The number of rotatable bonds is 3. The zero-order valence-electron chi connectivity index (χ0n) is 9.93. The van der Waals surface area contributed by atoms with Gasteiger partial charge in [-0.25, -0.2) is 0 Å². The molecule has 4 nitrogen and oxygen atoms in total. The number of fused-ring (bicyclic) bond motifs is 1. The minimum absolute atomic E-state index is 0.562. The van der Waals surface area contributed by atoms with Gasteiger partial charge in [0.25, 0.3) is 0 Å². The molecule has 0 radical (unpaired) electrons. The highest BCUT2D eigenvalue weighted by molar-refractivity contribution is 6.09. The Bertz CT molecular complexity index is 484. The summed E-state index contributed by atoms with van der Waals surface area (Å²) in [6.07, 6.45) is 0.884. The van der Waals surface area contributed by atoms with Crippen LogP contribution < -0.4 is 0 Å². The number of ether oxygens (including phenoxy) is 2. The highest BCUT2D eigenvalue weighted by Gasteiger charge is 2.39. The molecule has 0 aromatic heterocycles. The maximum Gasteiger partial charge on any atom is 0.304 e. The molecule has 0 fully saturated rings. The van der Waals surface area contributed by atoms with Crippen LogP contribution in [0.25, 0.3) is 0 Å². The van der Waals surface area contributed by atoms with Crippen molar-refractivity contribution in [1.82, 2.24) is 0 Å². The standard InChI is InChI=1S/C13H14N2O2/c1-16-13(9-14,17-2)12-11-6-4-3-5-10(11)7-8-15-12/h3-6H,7-8H2,1-2H3. The SMILES string of the molecule is COC(C#N)(OC)C1=NCCc2ccccc21. The first-order chi connectivity index (χ1) is 8.27. The second kappa shape index (κ2) is 4.66. The van der Waals surface area contributed by atoms with E-state index < -0.39 is 5.79 Å². The van der Waals surface area contributed by atoms with Gasteiger partial charge >= 0.3 is 5.79 Å². The smallest absolute Gasteiger partial charge is 0.304 e. The number of nitriles is 1. The van der Waals surface area contributed by atoms with E-state index in [9.17, 15) is 5.26 Å². The number of aliphatic imine (C=N–C) groups is 1. The van der Waals surface area contributed by atoms with E-state index in [1.165, 1.54) is 19.8 Å². The Labute approximate surface area is 100 Å². The molecule has 0 saturated heterocycles. The van der Waals surface area contributed by atoms with Gasteiger partial charge in [-0.1, -0.05) is 24.3 Å². The van der Waals surface area contributed by atoms with Crippen LogP contribution in [0.5, 0.6) is 0 Å². The third kappa shape index (κ3) is 1.84. The van der Waals surface area contributed by atoms with Crippen LogP contribution >= 0.6 is 0 Å². The number of benzene rings is 1. The van der Waals surface area contributed by atoms with E-state index in [1.54, 1.807) is 0 Å². The van der Waals surface area contributed by atoms with Gasteiger partial charge in [-0.05, 0) is 12.0 Å². The minimum atomic E-state index is -1.41. The molecular formula is C13H14N2O2. The molecule has 1 aliphatic heterocycles. The van der Waals surface area contributed by atoms with Gasteiger partial charge < -0.3 is 9.47 Å². The maximum atomic E-state index is 9.27. The van der Waals surface area contributed by atoms with Crippen molar-refractivity contribution < 1.29 is 9.47 Å². The van der Waals surface area contributed by atoms with Gasteiger partial charge in [0, 0.05) is 26.3 Å². The third-order valence-electron chi connectivity index (χ3n) is 2.96. The van der Waals surface area contributed by atoms with Crippen LogP contribution in [0.3, 0.4) is 0 Å². The highest BCUT2D eigenvalue weighted by atomic mass is 16.7. The quantitative estimate of drug-likeness (QED) is 0.740. The van der Waals surface area contributed by atoms with Crippen LogP contribution in [0.1, 0.15) is 11.1 Å². The van der Waals surface area contributed by atoms with E-state index in [4.69, 9.17) is 9.47 Å². The summed E-state index contributed by atoms with van der Waals surface area (Å²) in [5, 5.41) is 9.27. The molecule has 0 spiro atoms. The molecule has 0 bridgehead atoms. The number of hydrogen-bond donors (Lipinski definition) is 0. The molecule has 0 amide bonds. The Morgan fingerprint density at radius 3 is 2.65 bits per heavy atom. The van der Waals surface area contributed by atoms with Crippen molar-refractivity contribution in [3.63, 3.8) is 0 Å². The second-order valence-corrected chi connectivity index (χ2v) is 3.77. The first-order valence-electron chi connectivity index (χ1n) is 5.42. The van der Waals surface area contributed by atoms with Crippen molar-refractivity contribution >= 4 is 5.71 Å². The van der Waals surface area contributed by atoms with E-state index in [2.05, 4.69) is 11.1 Å². The van der Waals surface area contributed by atoms with Crippen molar-refractivity contribution in [2.24, 2.45) is 4.99 Å². The first kappa shape index (κ1) is 11.8. The van der Waals surface area contributed by atoms with Crippen LogP contribution in [0.15, 0.2) is 29.3 Å². The molecule has 0 N–H and O–H groups in total. The number of methoxy groups -OCH3 is 2. The van der Waals surface area contributed by atoms with Crippen LogP contribution in [-0.2, 0) is 15.9 Å². The molecule has 88 valence electrons. The largest absolute Gasteiger partial charge is 0.337 e. The maximum absolute atomic E-state index is 9.27. The molecule has 0 atom stereocenters. The third-order valence-corrected chi connectivity index (χ3v) is 2.96. The average Bonchev–Trinajstić information content (AvgIpc) is 2.41. The zero-order valence-corrected chi connectivity index (χ0v) is 9.93. The lowest BCUT2D eigenvalue weighted by Gasteiger charge is -2.28. The number of nitrogens with zero attached hydrogens (tertiary/aromatic N) is 2. The van der Waals surface area contributed by atoms with Crippen LogP contribution in [0.4, 0.5) is 0 Å². The molecule has 4 heteroatoms. The summed E-state index contributed by atoms with van der Waals surface area (Å²) in [6.45, 7) is 0.655. The Morgan fingerprint density at radius 2 is 2.00 bits per heavy atom. The fourth-order valence-electron chi connectivity index (χ4n) is 2.04. The molecule has 1 heterocycles. The fraction of sp³-hybridized carbons (Fsp3) is 0.385. The van der Waals surface area contributed by atoms with Crippen molar-refractivity contribution in [1.29, 1.82) is 5.26 Å². The predicted octanol–water partition coefficient (Wildman–Crippen LogP) is 1.54. The van der Waals surface area contributed by atoms with E-state index in [-0.39, 0.29) is 0 Å². The molecule has 1 aromatic carbocycles.